The zero-order chi connectivity index (χ0) is 17.3. The molecule has 0 fully saturated rings. The number of phenolic OH excluding ortho intramolecular Hbond substituents is 1. The molecule has 0 heterocycles. The van der Waals surface area contributed by atoms with Crippen molar-refractivity contribution in [2.24, 2.45) is 0 Å². The maximum atomic E-state index is 9.38. The average Bonchev–Trinajstić information content (AvgIpc) is 2.78. The molecule has 1 aliphatic rings. The standard InChI is InChI=1S/C10H16OSi.C6H7.C3H6.2ClH.Ti/c1-8-5-9(11)7-10(6-8)12(2,3)4;1-6-4-2-3-5-6;1-3-2;;;/h5-7,11H,1-4H3;2,4H,3H2,1H3;1-2H3;2*1H;/q;-1;;;;+1. The minimum absolute atomic E-state index is 0. The summed E-state index contributed by atoms with van der Waals surface area (Å²) in [5.41, 5.74) is 2.42. The van der Waals surface area contributed by atoms with Crippen LogP contribution in [0.3, 0.4) is 0 Å². The summed E-state index contributed by atoms with van der Waals surface area (Å²) in [6.45, 7) is 15.1. The van der Waals surface area contributed by atoms with E-state index in [1.165, 1.54) is 14.6 Å². The van der Waals surface area contributed by atoms with Crippen LogP contribution in [0.2, 0.25) is 19.6 Å². The Morgan fingerprint density at radius 2 is 1.58 bits per heavy atom. The fourth-order valence-corrected chi connectivity index (χ4v) is 2.95. The number of allylic oxidation sites excluding steroid dienone is 4. The van der Waals surface area contributed by atoms with Gasteiger partial charge in [-0.15, -0.1) is 31.2 Å². The fourth-order valence-electron chi connectivity index (χ4n) is 1.71. The predicted molar refractivity (Wildman–Crippen MR) is 113 cm³/mol. The number of aryl methyl sites for hydroxylation is 1. The van der Waals surface area contributed by atoms with Crippen molar-refractivity contribution >= 4 is 41.9 Å². The SMILES string of the molecule is CC1=[C-]CC=C1.C[C](C)=[Ti+].Cc1cc(O)cc([Si](C)(C)C)c1.Cl.Cl. The molecule has 0 bridgehead atoms. The van der Waals surface area contributed by atoms with E-state index in [1.807, 2.05) is 13.0 Å². The molecule has 0 amide bonds. The first-order valence-corrected chi connectivity index (χ1v) is 11.9. The molecule has 0 aromatic heterocycles. The third-order valence-corrected chi connectivity index (χ3v) is 4.82. The second-order valence-electron chi connectivity index (χ2n) is 6.77. The molecule has 24 heavy (non-hydrogen) atoms. The van der Waals surface area contributed by atoms with Gasteiger partial charge in [0.25, 0.3) is 0 Å². The molecular formula is C19H31Cl2OSiTi. The molecule has 5 heteroatoms. The third-order valence-electron chi connectivity index (χ3n) is 2.79. The van der Waals surface area contributed by atoms with Crippen molar-refractivity contribution in [3.8, 4) is 5.75 Å². The van der Waals surface area contributed by atoms with Crippen LogP contribution in [0.1, 0.15) is 32.8 Å². The molecule has 1 nitrogen and oxygen atoms in total. The minimum atomic E-state index is -1.26. The van der Waals surface area contributed by atoms with Crippen molar-refractivity contribution in [3.05, 3.63) is 47.6 Å². The molecule has 1 N–H and O–H groups in total. The number of rotatable bonds is 1. The van der Waals surface area contributed by atoms with E-state index in [1.54, 1.807) is 6.07 Å². The third kappa shape index (κ3) is 15.4. The van der Waals surface area contributed by atoms with Crippen molar-refractivity contribution in [1.82, 2.24) is 0 Å². The number of aromatic hydroxyl groups is 1. The summed E-state index contributed by atoms with van der Waals surface area (Å²) in [6.07, 6.45) is 8.33. The van der Waals surface area contributed by atoms with Crippen LogP contribution in [0.15, 0.2) is 35.9 Å². The second-order valence-corrected chi connectivity index (χ2v) is 13.4. The summed E-state index contributed by atoms with van der Waals surface area (Å²) in [6, 6.07) is 5.86. The Kier molecular flexibility index (Phi) is 16.8. The number of benzene rings is 1. The van der Waals surface area contributed by atoms with Gasteiger partial charge in [-0.2, -0.15) is 6.08 Å². The van der Waals surface area contributed by atoms with Crippen LogP contribution in [-0.2, 0) is 20.0 Å². The fraction of sp³-hybridized carbons (Fsp3) is 0.421. The monoisotopic (exact) mass is 421 g/mol. The van der Waals surface area contributed by atoms with Crippen molar-refractivity contribution in [2.45, 2.75) is 53.8 Å². The van der Waals surface area contributed by atoms with Crippen LogP contribution in [0.5, 0.6) is 5.75 Å². The zero-order valence-corrected chi connectivity index (χ0v) is 20.1. The molecule has 1 aromatic carbocycles. The molecule has 0 radical (unpaired) electrons. The maximum Gasteiger partial charge on any atom is 0.115 e. The summed E-state index contributed by atoms with van der Waals surface area (Å²) < 4.78 is 1.42. The normalized spacial score (nSPS) is 11.6. The number of hydrogen-bond donors (Lipinski definition) is 1. The molecule has 0 saturated carbocycles. The second kappa shape index (κ2) is 14.1. The van der Waals surface area contributed by atoms with Crippen molar-refractivity contribution in [1.29, 1.82) is 0 Å². The van der Waals surface area contributed by atoms with E-state index in [4.69, 9.17) is 0 Å². The predicted octanol–water partition coefficient (Wildman–Crippen LogP) is 5.53. The molecule has 1 aromatic rings. The minimum Gasteiger partial charge on any atom is -0.508 e. The molecule has 0 spiro atoms. The summed E-state index contributed by atoms with van der Waals surface area (Å²) in [4.78, 5) is 0. The van der Waals surface area contributed by atoms with Crippen molar-refractivity contribution in [3.63, 3.8) is 0 Å². The van der Waals surface area contributed by atoms with E-state index < -0.39 is 8.07 Å². The Morgan fingerprint density at radius 3 is 1.83 bits per heavy atom. The first-order valence-electron chi connectivity index (χ1n) is 7.59. The van der Waals surface area contributed by atoms with Gasteiger partial charge in [0.2, 0.25) is 0 Å². The van der Waals surface area contributed by atoms with Gasteiger partial charge in [-0.1, -0.05) is 37.8 Å². The van der Waals surface area contributed by atoms with Gasteiger partial charge >= 0.3 is 37.6 Å². The first-order chi connectivity index (χ1) is 10.0. The van der Waals surface area contributed by atoms with Gasteiger partial charge in [0.1, 0.15) is 5.75 Å². The van der Waals surface area contributed by atoms with Crippen molar-refractivity contribution < 1.29 is 25.1 Å². The summed E-state index contributed by atoms with van der Waals surface area (Å²) in [5, 5.41) is 10.7. The molecule has 2 rings (SSSR count). The van der Waals surface area contributed by atoms with Crippen LogP contribution in [0.25, 0.3) is 0 Å². The van der Waals surface area contributed by atoms with E-state index in [-0.39, 0.29) is 24.8 Å². The topological polar surface area (TPSA) is 20.2 Å². The van der Waals surface area contributed by atoms with Crippen LogP contribution in [0, 0.1) is 13.0 Å². The van der Waals surface area contributed by atoms with E-state index >= 15 is 0 Å². The van der Waals surface area contributed by atoms with E-state index in [0.29, 0.717) is 5.75 Å². The van der Waals surface area contributed by atoms with Crippen LogP contribution in [-0.4, -0.2) is 17.0 Å². The van der Waals surface area contributed by atoms with Gasteiger partial charge < -0.3 is 5.11 Å². The molecule has 0 atom stereocenters. The van der Waals surface area contributed by atoms with Crippen molar-refractivity contribution in [2.75, 3.05) is 0 Å². The summed E-state index contributed by atoms with van der Waals surface area (Å²) in [5.74, 6) is 0.396. The van der Waals surface area contributed by atoms with Crippen LogP contribution >= 0.6 is 24.8 Å². The number of halogens is 2. The number of hydrogen-bond acceptors (Lipinski definition) is 1. The van der Waals surface area contributed by atoms with Gasteiger partial charge in [0.05, 0.1) is 8.07 Å². The molecule has 0 aliphatic heterocycles. The van der Waals surface area contributed by atoms with Crippen LogP contribution in [0.4, 0.5) is 0 Å². The summed E-state index contributed by atoms with van der Waals surface area (Å²) >= 11 is 2.08. The molecule has 1 aliphatic carbocycles. The molecular weight excluding hydrogens is 391 g/mol. The summed E-state index contributed by atoms with van der Waals surface area (Å²) in [7, 11) is -1.26. The maximum absolute atomic E-state index is 9.38. The zero-order valence-electron chi connectivity index (χ0n) is 15.9. The Hall–Kier alpha value is -0.119. The smallest absolute Gasteiger partial charge is 0.115 e. The van der Waals surface area contributed by atoms with E-state index in [9.17, 15) is 5.11 Å². The Bertz CT molecular complexity index is 534. The van der Waals surface area contributed by atoms with Gasteiger partial charge in [-0.05, 0) is 24.6 Å². The molecule has 135 valence electrons. The van der Waals surface area contributed by atoms with Gasteiger partial charge in [-0.25, -0.2) is 11.6 Å². The Morgan fingerprint density at radius 1 is 1.08 bits per heavy atom. The van der Waals surface area contributed by atoms with E-state index in [0.717, 1.165) is 12.0 Å². The molecule has 0 saturated heterocycles. The van der Waals surface area contributed by atoms with Gasteiger partial charge in [0.15, 0.2) is 0 Å². The Labute approximate surface area is 173 Å². The van der Waals surface area contributed by atoms with E-state index in [2.05, 4.69) is 84.7 Å². The quantitative estimate of drug-likeness (QED) is 0.466. The average molecular weight is 422 g/mol. The van der Waals surface area contributed by atoms with Crippen LogP contribution < -0.4 is 5.19 Å². The largest absolute Gasteiger partial charge is 0.508 e. The van der Waals surface area contributed by atoms with Gasteiger partial charge in [-0.3, -0.25) is 6.08 Å². The van der Waals surface area contributed by atoms with Gasteiger partial charge in [0, 0.05) is 0 Å². The Balaban J connectivity index is -0.000000311. The first kappa shape index (κ1) is 28.7. The number of phenols is 1. The molecule has 0 unspecified atom stereocenters.